The number of carbonyl (C=O) groups is 1. The van der Waals surface area contributed by atoms with Gasteiger partial charge in [0.15, 0.2) is 0 Å². The number of anilines is 1. The summed E-state index contributed by atoms with van der Waals surface area (Å²) in [4.78, 5) is 13.9. The van der Waals surface area contributed by atoms with E-state index >= 15 is 0 Å². The summed E-state index contributed by atoms with van der Waals surface area (Å²) in [5.41, 5.74) is 2.36. The van der Waals surface area contributed by atoms with Crippen LogP contribution >= 0.6 is 0 Å². The fraction of sp³-hybridized carbons (Fsp3) is 0.294. The van der Waals surface area contributed by atoms with Gasteiger partial charge in [-0.1, -0.05) is 38.1 Å². The molecule has 0 fully saturated rings. The van der Waals surface area contributed by atoms with E-state index in [1.807, 2.05) is 44.2 Å². The quantitative estimate of drug-likeness (QED) is 0.607. The van der Waals surface area contributed by atoms with Crippen LogP contribution in [0.3, 0.4) is 0 Å². The Kier molecular flexibility index (Phi) is 3.50. The Morgan fingerprint density at radius 1 is 1.45 bits per heavy atom. The first-order valence-electron chi connectivity index (χ1n) is 6.56. The van der Waals surface area contributed by atoms with Crippen LogP contribution < -0.4 is 4.90 Å². The third kappa shape index (κ3) is 2.04. The smallest absolute Gasteiger partial charge is 0.224 e. The van der Waals surface area contributed by atoms with Gasteiger partial charge in [-0.25, -0.2) is 0 Å². The summed E-state index contributed by atoms with van der Waals surface area (Å²) in [6, 6.07) is 9.60. The summed E-state index contributed by atoms with van der Waals surface area (Å²) in [6.07, 6.45) is 3.38. The van der Waals surface area contributed by atoms with Crippen molar-refractivity contribution in [1.82, 2.24) is 0 Å². The first kappa shape index (κ1) is 14.1. The normalized spacial score (nSPS) is 19.6. The molecule has 1 aliphatic rings. The van der Waals surface area contributed by atoms with Gasteiger partial charge in [0.25, 0.3) is 0 Å². The molecule has 2 rings (SSSR count). The molecule has 1 aromatic rings. The van der Waals surface area contributed by atoms with Crippen molar-refractivity contribution in [2.45, 2.75) is 26.8 Å². The lowest BCUT2D eigenvalue weighted by Gasteiger charge is -2.36. The highest BCUT2D eigenvalue weighted by Gasteiger charge is 2.43. The van der Waals surface area contributed by atoms with Gasteiger partial charge in [-0.3, -0.25) is 4.79 Å². The van der Waals surface area contributed by atoms with E-state index in [2.05, 4.69) is 12.6 Å². The Morgan fingerprint density at radius 3 is 2.65 bits per heavy atom. The van der Waals surface area contributed by atoms with Crippen molar-refractivity contribution >= 4 is 17.2 Å². The Labute approximate surface area is 119 Å². The van der Waals surface area contributed by atoms with Crippen LogP contribution in [0.5, 0.6) is 0 Å². The number of fused-ring (bicyclic) bond motifs is 1. The van der Waals surface area contributed by atoms with Crippen LogP contribution in [-0.2, 0) is 4.79 Å². The number of hydrogen-bond donors (Lipinski definition) is 0. The van der Waals surface area contributed by atoms with E-state index in [-0.39, 0.29) is 17.4 Å². The van der Waals surface area contributed by atoms with Crippen LogP contribution in [0, 0.1) is 16.7 Å². The molecule has 1 unspecified atom stereocenters. The molecule has 1 amide bonds. The van der Waals surface area contributed by atoms with Crippen molar-refractivity contribution in [2.75, 3.05) is 4.90 Å². The van der Waals surface area contributed by atoms with Crippen LogP contribution in [0.15, 0.2) is 43.0 Å². The molecule has 0 bridgehead atoms. The van der Waals surface area contributed by atoms with Crippen LogP contribution in [0.4, 0.5) is 5.69 Å². The fourth-order valence-corrected chi connectivity index (χ4v) is 2.78. The summed E-state index contributed by atoms with van der Waals surface area (Å²) in [5, 5.41) is 9.08. The molecule has 0 aromatic heterocycles. The minimum atomic E-state index is -0.326. The van der Waals surface area contributed by atoms with Crippen LogP contribution in [-0.4, -0.2) is 11.9 Å². The highest BCUT2D eigenvalue weighted by atomic mass is 16.2. The zero-order valence-corrected chi connectivity index (χ0v) is 12.1. The Hall–Kier alpha value is -2.34. The average molecular weight is 266 g/mol. The minimum Gasteiger partial charge on any atom is -0.304 e. The molecule has 0 aliphatic carbocycles. The van der Waals surface area contributed by atoms with Crippen LogP contribution in [0.1, 0.15) is 26.3 Å². The number of allylic oxidation sites excluding steroid dienone is 1. The minimum absolute atomic E-state index is 0.0290. The van der Waals surface area contributed by atoms with Crippen LogP contribution in [0.2, 0.25) is 0 Å². The van der Waals surface area contributed by atoms with Crippen molar-refractivity contribution in [3.05, 3.63) is 48.6 Å². The molecule has 1 aromatic carbocycles. The van der Waals surface area contributed by atoms with Crippen molar-refractivity contribution in [3.8, 4) is 6.07 Å². The van der Waals surface area contributed by atoms with E-state index in [0.29, 0.717) is 0 Å². The second-order valence-corrected chi connectivity index (χ2v) is 5.56. The lowest BCUT2D eigenvalue weighted by molar-refractivity contribution is -0.117. The van der Waals surface area contributed by atoms with Crippen LogP contribution in [0.25, 0.3) is 5.57 Å². The maximum Gasteiger partial charge on any atom is 0.224 e. The van der Waals surface area contributed by atoms with E-state index in [1.54, 1.807) is 11.8 Å². The molecule has 102 valence electrons. The van der Waals surface area contributed by atoms with E-state index < -0.39 is 0 Å². The number of rotatable bonds is 2. The molecule has 20 heavy (non-hydrogen) atoms. The number of carbonyl (C=O) groups excluding carboxylic acids is 1. The van der Waals surface area contributed by atoms with Gasteiger partial charge in [0.2, 0.25) is 5.91 Å². The molecule has 1 aliphatic heterocycles. The topological polar surface area (TPSA) is 44.1 Å². The number of benzene rings is 1. The Morgan fingerprint density at radius 2 is 2.10 bits per heavy atom. The third-order valence-corrected chi connectivity index (χ3v) is 3.82. The van der Waals surface area contributed by atoms with E-state index in [0.717, 1.165) is 16.8 Å². The molecule has 0 spiro atoms. The van der Waals surface area contributed by atoms with E-state index in [9.17, 15) is 4.79 Å². The monoisotopic (exact) mass is 266 g/mol. The fourth-order valence-electron chi connectivity index (χ4n) is 2.78. The van der Waals surface area contributed by atoms with Gasteiger partial charge in [0.05, 0.1) is 17.8 Å². The van der Waals surface area contributed by atoms with Gasteiger partial charge in [-0.05, 0) is 11.6 Å². The van der Waals surface area contributed by atoms with Crippen molar-refractivity contribution in [1.29, 1.82) is 5.26 Å². The first-order chi connectivity index (χ1) is 9.44. The highest BCUT2D eigenvalue weighted by Crippen LogP contribution is 2.47. The molecule has 0 radical (unpaired) electrons. The maximum absolute atomic E-state index is 12.1. The molecular formula is C17H18N2O. The number of para-hydroxylation sites is 1. The Balaban J connectivity index is 2.73. The molecule has 0 saturated heterocycles. The number of amides is 1. The summed E-state index contributed by atoms with van der Waals surface area (Å²) in [7, 11) is 0. The highest BCUT2D eigenvalue weighted by molar-refractivity contribution is 6.04. The molecule has 0 saturated carbocycles. The zero-order chi connectivity index (χ0) is 14.9. The number of hydrogen-bond acceptors (Lipinski definition) is 2. The summed E-state index contributed by atoms with van der Waals surface area (Å²) in [6.45, 7) is 9.48. The van der Waals surface area contributed by atoms with Gasteiger partial charge in [-0.15, -0.1) is 6.58 Å². The van der Waals surface area contributed by atoms with Gasteiger partial charge in [-0.2, -0.15) is 5.26 Å². The van der Waals surface area contributed by atoms with Gasteiger partial charge in [0.1, 0.15) is 0 Å². The second-order valence-electron chi connectivity index (χ2n) is 5.56. The molecule has 3 nitrogen and oxygen atoms in total. The molecule has 0 N–H and O–H groups in total. The summed E-state index contributed by atoms with van der Waals surface area (Å²) >= 11 is 0. The standard InChI is InChI=1S/C17H18N2O/c1-5-17(3,4)16-14(10-11-18)13-8-6-7-9-15(13)19(16)12(2)20/h5-10,16H,1H2,2-4H3/b14-10+. The van der Waals surface area contributed by atoms with Gasteiger partial charge in [0, 0.05) is 24.0 Å². The van der Waals surface area contributed by atoms with Gasteiger partial charge < -0.3 is 4.90 Å². The largest absolute Gasteiger partial charge is 0.304 e. The second kappa shape index (κ2) is 4.97. The number of nitrogens with zero attached hydrogens (tertiary/aromatic N) is 2. The molecular weight excluding hydrogens is 248 g/mol. The van der Waals surface area contributed by atoms with E-state index in [1.165, 1.54) is 6.08 Å². The van der Waals surface area contributed by atoms with Crippen molar-refractivity contribution < 1.29 is 4.79 Å². The Bertz CT molecular complexity index is 635. The number of nitriles is 1. The SMILES string of the molecule is C=CC(C)(C)C1/C(=C/C#N)c2ccccc2N1C(C)=O. The van der Waals surface area contributed by atoms with Crippen molar-refractivity contribution in [2.24, 2.45) is 5.41 Å². The predicted octanol–water partition coefficient (Wildman–Crippen LogP) is 3.54. The van der Waals surface area contributed by atoms with Crippen molar-refractivity contribution in [3.63, 3.8) is 0 Å². The summed E-state index contributed by atoms with van der Waals surface area (Å²) < 4.78 is 0. The molecule has 1 atom stereocenters. The summed E-state index contributed by atoms with van der Waals surface area (Å²) in [5.74, 6) is -0.0290. The maximum atomic E-state index is 12.1. The van der Waals surface area contributed by atoms with E-state index in [4.69, 9.17) is 5.26 Å². The lowest BCUT2D eigenvalue weighted by atomic mass is 9.79. The average Bonchev–Trinajstić information content (AvgIpc) is 2.75. The lowest BCUT2D eigenvalue weighted by Crippen LogP contribution is -2.44. The molecule has 3 heteroatoms. The van der Waals surface area contributed by atoms with Gasteiger partial charge >= 0.3 is 0 Å². The predicted molar refractivity (Wildman–Crippen MR) is 81.0 cm³/mol. The third-order valence-electron chi connectivity index (χ3n) is 3.82. The zero-order valence-electron chi connectivity index (χ0n) is 12.1. The molecule has 1 heterocycles. The first-order valence-corrected chi connectivity index (χ1v) is 6.56.